The van der Waals surface area contributed by atoms with Crippen LogP contribution in [-0.2, 0) is 4.74 Å². The lowest BCUT2D eigenvalue weighted by Crippen LogP contribution is -2.09. The van der Waals surface area contributed by atoms with Gasteiger partial charge >= 0.3 is 0 Å². The van der Waals surface area contributed by atoms with Crippen molar-refractivity contribution in [1.82, 2.24) is 0 Å². The molecular formula is C15H18O2. The number of benzene rings is 1. The molecule has 0 amide bonds. The Morgan fingerprint density at radius 3 is 2.65 bits per heavy atom. The van der Waals surface area contributed by atoms with Crippen molar-refractivity contribution in [2.75, 3.05) is 7.11 Å². The molecule has 0 aliphatic heterocycles. The third-order valence-electron chi connectivity index (χ3n) is 3.32. The molecule has 2 atom stereocenters. The Hall–Kier alpha value is -1.70. The summed E-state index contributed by atoms with van der Waals surface area (Å²) in [7, 11) is 1.68. The number of phenolic OH excluding ortho intramolecular Hbond substituents is 1. The number of methoxy groups -OCH3 is 1. The molecule has 0 bridgehead atoms. The summed E-state index contributed by atoms with van der Waals surface area (Å²) in [6.07, 6.45) is 6.23. The first-order valence-electron chi connectivity index (χ1n) is 5.85. The minimum atomic E-state index is 0.306. The molecule has 1 aromatic carbocycles. The average Bonchev–Trinajstić information content (AvgIpc) is 2.32. The van der Waals surface area contributed by atoms with Gasteiger partial charge in [0.2, 0.25) is 0 Å². The molecule has 1 N–H and O–H groups in total. The Balaban J connectivity index is 2.27. The van der Waals surface area contributed by atoms with Gasteiger partial charge in [0.1, 0.15) is 11.5 Å². The molecule has 0 saturated heterocycles. The maximum absolute atomic E-state index is 9.75. The van der Waals surface area contributed by atoms with E-state index in [-0.39, 0.29) is 0 Å². The number of hydrogen-bond donors (Lipinski definition) is 1. The lowest BCUT2D eigenvalue weighted by molar-refractivity contribution is 0.299. The first kappa shape index (κ1) is 11.8. The van der Waals surface area contributed by atoms with E-state index in [0.29, 0.717) is 17.6 Å². The van der Waals surface area contributed by atoms with E-state index in [4.69, 9.17) is 4.74 Å². The summed E-state index contributed by atoms with van der Waals surface area (Å²) >= 11 is 0. The molecule has 1 aliphatic carbocycles. The topological polar surface area (TPSA) is 29.5 Å². The molecule has 0 spiro atoms. The van der Waals surface area contributed by atoms with E-state index in [1.54, 1.807) is 7.11 Å². The van der Waals surface area contributed by atoms with Gasteiger partial charge in [-0.15, -0.1) is 0 Å². The fourth-order valence-corrected chi connectivity index (χ4v) is 2.18. The Bertz CT molecular complexity index is 472. The Kier molecular flexibility index (Phi) is 3.23. The van der Waals surface area contributed by atoms with Gasteiger partial charge in [0.15, 0.2) is 0 Å². The van der Waals surface area contributed by atoms with E-state index in [0.717, 1.165) is 16.9 Å². The molecule has 0 aromatic heterocycles. The second-order valence-electron chi connectivity index (χ2n) is 4.56. The maximum atomic E-state index is 9.75. The first-order chi connectivity index (χ1) is 8.11. The van der Waals surface area contributed by atoms with E-state index in [2.05, 4.69) is 25.1 Å². The third-order valence-corrected chi connectivity index (χ3v) is 3.32. The molecule has 1 aliphatic rings. The van der Waals surface area contributed by atoms with Crippen molar-refractivity contribution in [3.8, 4) is 5.75 Å². The molecular weight excluding hydrogens is 212 g/mol. The molecule has 2 heteroatoms. The predicted octanol–water partition coefficient (Wildman–Crippen LogP) is 3.52. The number of ether oxygens (including phenoxy) is 1. The van der Waals surface area contributed by atoms with Crippen LogP contribution in [-0.4, -0.2) is 12.2 Å². The maximum Gasteiger partial charge on any atom is 0.118 e. The second-order valence-corrected chi connectivity index (χ2v) is 4.56. The van der Waals surface area contributed by atoms with E-state index in [1.807, 2.05) is 25.1 Å². The number of rotatable bonds is 2. The van der Waals surface area contributed by atoms with Crippen molar-refractivity contribution in [1.29, 1.82) is 0 Å². The summed E-state index contributed by atoms with van der Waals surface area (Å²) < 4.78 is 5.21. The molecule has 0 heterocycles. The lowest BCUT2D eigenvalue weighted by atomic mass is 9.83. The highest BCUT2D eigenvalue weighted by molar-refractivity contribution is 5.40. The number of phenols is 1. The zero-order chi connectivity index (χ0) is 12.4. The highest BCUT2D eigenvalue weighted by Gasteiger charge is 2.19. The lowest BCUT2D eigenvalue weighted by Gasteiger charge is -2.23. The quantitative estimate of drug-likeness (QED) is 0.842. The second kappa shape index (κ2) is 4.66. The van der Waals surface area contributed by atoms with Gasteiger partial charge in [0.25, 0.3) is 0 Å². The first-order valence-corrected chi connectivity index (χ1v) is 5.85. The van der Waals surface area contributed by atoms with Gasteiger partial charge < -0.3 is 9.84 Å². The fourth-order valence-electron chi connectivity index (χ4n) is 2.18. The van der Waals surface area contributed by atoms with Gasteiger partial charge in [0, 0.05) is 5.92 Å². The summed E-state index contributed by atoms with van der Waals surface area (Å²) in [5, 5.41) is 9.75. The average molecular weight is 230 g/mol. The molecule has 2 unspecified atom stereocenters. The predicted molar refractivity (Wildman–Crippen MR) is 69.0 cm³/mol. The van der Waals surface area contributed by atoms with Crippen molar-refractivity contribution < 1.29 is 9.84 Å². The van der Waals surface area contributed by atoms with Crippen molar-refractivity contribution in [2.45, 2.75) is 19.8 Å². The van der Waals surface area contributed by atoms with Crippen LogP contribution in [0.1, 0.15) is 24.0 Å². The molecule has 0 saturated carbocycles. The smallest absolute Gasteiger partial charge is 0.118 e. The third kappa shape index (κ3) is 2.36. The van der Waals surface area contributed by atoms with Gasteiger partial charge in [-0.25, -0.2) is 0 Å². The fraction of sp³-hybridized carbons (Fsp3) is 0.333. The SMILES string of the molecule is COC1=CC(C)C(c2ccc(C)c(O)c2)C=C1. The minimum absolute atomic E-state index is 0.306. The Morgan fingerprint density at radius 2 is 2.06 bits per heavy atom. The monoisotopic (exact) mass is 230 g/mol. The van der Waals surface area contributed by atoms with Crippen molar-refractivity contribution in [3.05, 3.63) is 53.3 Å². The van der Waals surface area contributed by atoms with E-state index in [1.165, 1.54) is 0 Å². The van der Waals surface area contributed by atoms with Gasteiger partial charge in [-0.1, -0.05) is 25.1 Å². The van der Waals surface area contributed by atoms with Gasteiger partial charge in [0.05, 0.1) is 7.11 Å². The molecule has 2 rings (SSSR count). The van der Waals surface area contributed by atoms with Crippen LogP contribution < -0.4 is 0 Å². The number of allylic oxidation sites excluding steroid dienone is 3. The Labute approximate surface area is 102 Å². The van der Waals surface area contributed by atoms with E-state index >= 15 is 0 Å². The summed E-state index contributed by atoms with van der Waals surface area (Å²) in [5.74, 6) is 1.95. The van der Waals surface area contributed by atoms with Crippen LogP contribution in [0.15, 0.2) is 42.2 Å². The zero-order valence-electron chi connectivity index (χ0n) is 10.5. The molecule has 90 valence electrons. The highest BCUT2D eigenvalue weighted by Crippen LogP contribution is 2.34. The van der Waals surface area contributed by atoms with Crippen LogP contribution in [0.4, 0.5) is 0 Å². The summed E-state index contributed by atoms with van der Waals surface area (Å²) in [4.78, 5) is 0. The highest BCUT2D eigenvalue weighted by atomic mass is 16.5. The largest absolute Gasteiger partial charge is 0.508 e. The van der Waals surface area contributed by atoms with Crippen molar-refractivity contribution in [3.63, 3.8) is 0 Å². The van der Waals surface area contributed by atoms with Crippen LogP contribution in [0.2, 0.25) is 0 Å². The van der Waals surface area contributed by atoms with Gasteiger partial charge in [-0.05, 0) is 42.2 Å². The number of aryl methyl sites for hydroxylation is 1. The Morgan fingerprint density at radius 1 is 1.29 bits per heavy atom. The van der Waals surface area contributed by atoms with Gasteiger partial charge in [-0.3, -0.25) is 0 Å². The van der Waals surface area contributed by atoms with Crippen LogP contribution in [0.25, 0.3) is 0 Å². The summed E-state index contributed by atoms with van der Waals surface area (Å²) in [6, 6.07) is 5.89. The minimum Gasteiger partial charge on any atom is -0.508 e. The molecule has 1 aromatic rings. The molecule has 2 nitrogen and oxygen atoms in total. The van der Waals surface area contributed by atoms with Crippen LogP contribution in [0.3, 0.4) is 0 Å². The van der Waals surface area contributed by atoms with E-state index in [9.17, 15) is 5.11 Å². The van der Waals surface area contributed by atoms with E-state index < -0.39 is 0 Å². The number of aromatic hydroxyl groups is 1. The molecule has 0 fully saturated rings. The number of hydrogen-bond acceptors (Lipinski definition) is 2. The standard InChI is InChI=1S/C15H18O2/c1-10-4-5-12(9-15(10)16)14-7-6-13(17-3)8-11(14)2/h4-9,11,14,16H,1-3H3. The summed E-state index contributed by atoms with van der Waals surface area (Å²) in [6.45, 7) is 4.06. The normalized spacial score (nSPS) is 23.4. The van der Waals surface area contributed by atoms with Gasteiger partial charge in [-0.2, -0.15) is 0 Å². The van der Waals surface area contributed by atoms with Crippen molar-refractivity contribution in [2.24, 2.45) is 5.92 Å². The zero-order valence-corrected chi connectivity index (χ0v) is 10.5. The van der Waals surface area contributed by atoms with Crippen LogP contribution >= 0.6 is 0 Å². The van der Waals surface area contributed by atoms with Crippen LogP contribution in [0, 0.1) is 12.8 Å². The van der Waals surface area contributed by atoms with Crippen LogP contribution in [0.5, 0.6) is 5.75 Å². The summed E-state index contributed by atoms with van der Waals surface area (Å²) in [5.41, 5.74) is 2.05. The molecule has 17 heavy (non-hydrogen) atoms. The molecule has 0 radical (unpaired) electrons. The van der Waals surface area contributed by atoms with Crippen molar-refractivity contribution >= 4 is 0 Å².